The number of halogens is 2. The number of hydrogen-bond donors (Lipinski definition) is 0. The minimum absolute atomic E-state index is 0.767. The second-order valence-electron chi connectivity index (χ2n) is 3.39. The van der Waals surface area contributed by atoms with Crippen LogP contribution in [0.25, 0.3) is 0 Å². The molecule has 0 aliphatic heterocycles. The van der Waals surface area contributed by atoms with Crippen molar-refractivity contribution in [3.63, 3.8) is 0 Å². The number of ether oxygens (including phenoxy) is 1. The molecule has 0 aliphatic carbocycles. The monoisotopic (exact) mass is 290 g/mol. The van der Waals surface area contributed by atoms with Gasteiger partial charge in [0, 0.05) is 10.4 Å². The zero-order chi connectivity index (χ0) is 11.1. The number of hydrogen-bond acceptors (Lipinski definition) is 1. The van der Waals surface area contributed by atoms with Gasteiger partial charge in [-0.25, -0.2) is 0 Å². The van der Waals surface area contributed by atoms with Crippen LogP contribution in [0.3, 0.4) is 0 Å². The van der Waals surface area contributed by atoms with Gasteiger partial charge in [-0.15, -0.1) is 0 Å². The summed E-state index contributed by atoms with van der Waals surface area (Å²) >= 11 is 9.39. The SMILES string of the molecule is CCCOc1ccc(Cl)cc1CCCBr. The van der Waals surface area contributed by atoms with Crippen molar-refractivity contribution in [2.75, 3.05) is 11.9 Å². The lowest BCUT2D eigenvalue weighted by atomic mass is 10.1. The maximum absolute atomic E-state index is 5.96. The Morgan fingerprint density at radius 1 is 1.40 bits per heavy atom. The Balaban J connectivity index is 2.73. The summed E-state index contributed by atoms with van der Waals surface area (Å²) < 4.78 is 5.66. The fraction of sp³-hybridized carbons (Fsp3) is 0.500. The van der Waals surface area contributed by atoms with E-state index in [1.165, 1.54) is 5.56 Å². The molecule has 1 aromatic rings. The molecule has 0 aromatic heterocycles. The van der Waals surface area contributed by atoms with E-state index in [0.29, 0.717) is 0 Å². The Bertz CT molecular complexity index is 302. The van der Waals surface area contributed by atoms with Crippen LogP contribution in [-0.4, -0.2) is 11.9 Å². The number of rotatable bonds is 6. The summed E-state index contributed by atoms with van der Waals surface area (Å²) in [6, 6.07) is 5.83. The van der Waals surface area contributed by atoms with E-state index in [1.54, 1.807) is 0 Å². The summed E-state index contributed by atoms with van der Waals surface area (Å²) in [5.74, 6) is 0.974. The summed E-state index contributed by atoms with van der Waals surface area (Å²) in [5, 5.41) is 1.79. The van der Waals surface area contributed by atoms with Gasteiger partial charge in [-0.05, 0) is 43.0 Å². The zero-order valence-electron chi connectivity index (χ0n) is 8.93. The minimum atomic E-state index is 0.767. The molecule has 0 radical (unpaired) electrons. The van der Waals surface area contributed by atoms with Gasteiger partial charge in [0.05, 0.1) is 6.61 Å². The third-order valence-electron chi connectivity index (χ3n) is 2.06. The Morgan fingerprint density at radius 2 is 2.20 bits per heavy atom. The first-order chi connectivity index (χ1) is 7.27. The average molecular weight is 292 g/mol. The third kappa shape index (κ3) is 4.43. The summed E-state index contributed by atoms with van der Waals surface area (Å²) in [4.78, 5) is 0. The van der Waals surface area contributed by atoms with Crippen LogP contribution < -0.4 is 4.74 Å². The van der Waals surface area contributed by atoms with E-state index in [-0.39, 0.29) is 0 Å². The molecule has 15 heavy (non-hydrogen) atoms. The number of benzene rings is 1. The van der Waals surface area contributed by atoms with E-state index in [2.05, 4.69) is 22.9 Å². The van der Waals surface area contributed by atoms with Crippen molar-refractivity contribution in [2.45, 2.75) is 26.2 Å². The highest BCUT2D eigenvalue weighted by atomic mass is 79.9. The Morgan fingerprint density at radius 3 is 2.87 bits per heavy atom. The summed E-state index contributed by atoms with van der Waals surface area (Å²) in [7, 11) is 0. The van der Waals surface area contributed by atoms with Crippen LogP contribution in [0.4, 0.5) is 0 Å². The molecule has 0 heterocycles. The van der Waals surface area contributed by atoms with Crippen molar-refractivity contribution < 1.29 is 4.74 Å². The van der Waals surface area contributed by atoms with Gasteiger partial charge in [-0.2, -0.15) is 0 Å². The van der Waals surface area contributed by atoms with E-state index in [0.717, 1.165) is 42.0 Å². The van der Waals surface area contributed by atoms with E-state index < -0.39 is 0 Å². The largest absolute Gasteiger partial charge is 0.493 e. The standard InChI is InChI=1S/C12H16BrClO/c1-2-8-15-12-6-5-11(14)9-10(12)4-3-7-13/h5-6,9H,2-4,7-8H2,1H3. The highest BCUT2D eigenvalue weighted by Crippen LogP contribution is 2.24. The van der Waals surface area contributed by atoms with Crippen LogP contribution in [0, 0.1) is 0 Å². The summed E-state index contributed by atoms with van der Waals surface area (Å²) in [6.45, 7) is 2.87. The number of alkyl halides is 1. The van der Waals surface area contributed by atoms with Gasteiger partial charge >= 0.3 is 0 Å². The van der Waals surface area contributed by atoms with Gasteiger partial charge in [0.1, 0.15) is 5.75 Å². The second kappa shape index (κ2) is 7.13. The molecular formula is C12H16BrClO. The van der Waals surface area contributed by atoms with Gasteiger partial charge in [0.25, 0.3) is 0 Å². The fourth-order valence-corrected chi connectivity index (χ4v) is 1.83. The van der Waals surface area contributed by atoms with Crippen molar-refractivity contribution in [3.8, 4) is 5.75 Å². The lowest BCUT2D eigenvalue weighted by Gasteiger charge is -2.10. The van der Waals surface area contributed by atoms with Gasteiger partial charge in [-0.1, -0.05) is 34.5 Å². The molecule has 0 saturated heterocycles. The predicted molar refractivity (Wildman–Crippen MR) is 69.4 cm³/mol. The average Bonchev–Trinajstić information content (AvgIpc) is 2.25. The number of aryl methyl sites for hydroxylation is 1. The molecule has 1 nitrogen and oxygen atoms in total. The van der Waals surface area contributed by atoms with Crippen molar-refractivity contribution in [1.82, 2.24) is 0 Å². The minimum Gasteiger partial charge on any atom is -0.493 e. The molecule has 0 fully saturated rings. The van der Waals surface area contributed by atoms with Gasteiger partial charge in [0.15, 0.2) is 0 Å². The van der Waals surface area contributed by atoms with Crippen LogP contribution in [0.1, 0.15) is 25.3 Å². The van der Waals surface area contributed by atoms with Crippen LogP contribution in [0.2, 0.25) is 5.02 Å². The lowest BCUT2D eigenvalue weighted by Crippen LogP contribution is -1.99. The molecule has 0 atom stereocenters. The van der Waals surface area contributed by atoms with Gasteiger partial charge in [-0.3, -0.25) is 0 Å². The predicted octanol–water partition coefficient (Wildman–Crippen LogP) is 4.46. The topological polar surface area (TPSA) is 9.23 Å². The van der Waals surface area contributed by atoms with E-state index >= 15 is 0 Å². The molecule has 0 spiro atoms. The van der Waals surface area contributed by atoms with Gasteiger partial charge < -0.3 is 4.74 Å². The van der Waals surface area contributed by atoms with Crippen molar-refractivity contribution in [2.24, 2.45) is 0 Å². The maximum Gasteiger partial charge on any atom is 0.122 e. The third-order valence-corrected chi connectivity index (χ3v) is 2.86. The normalized spacial score (nSPS) is 10.3. The molecule has 1 aromatic carbocycles. The molecule has 3 heteroatoms. The van der Waals surface area contributed by atoms with Crippen LogP contribution in [0.5, 0.6) is 5.75 Å². The fourth-order valence-electron chi connectivity index (χ4n) is 1.35. The highest BCUT2D eigenvalue weighted by molar-refractivity contribution is 9.09. The smallest absolute Gasteiger partial charge is 0.122 e. The van der Waals surface area contributed by atoms with Crippen LogP contribution in [-0.2, 0) is 6.42 Å². The molecule has 0 N–H and O–H groups in total. The Kier molecular flexibility index (Phi) is 6.11. The van der Waals surface area contributed by atoms with Crippen molar-refractivity contribution in [3.05, 3.63) is 28.8 Å². The molecule has 0 amide bonds. The molecule has 84 valence electrons. The van der Waals surface area contributed by atoms with E-state index in [1.807, 2.05) is 18.2 Å². The van der Waals surface area contributed by atoms with Crippen LogP contribution in [0.15, 0.2) is 18.2 Å². The Labute approximate surface area is 105 Å². The first kappa shape index (κ1) is 12.9. The van der Waals surface area contributed by atoms with E-state index in [9.17, 15) is 0 Å². The first-order valence-corrected chi connectivity index (χ1v) is 6.75. The van der Waals surface area contributed by atoms with Gasteiger partial charge in [0.2, 0.25) is 0 Å². The Hall–Kier alpha value is -0.210. The molecule has 1 rings (SSSR count). The van der Waals surface area contributed by atoms with Crippen molar-refractivity contribution in [1.29, 1.82) is 0 Å². The van der Waals surface area contributed by atoms with E-state index in [4.69, 9.17) is 16.3 Å². The zero-order valence-corrected chi connectivity index (χ0v) is 11.3. The van der Waals surface area contributed by atoms with Crippen molar-refractivity contribution >= 4 is 27.5 Å². The molecule has 0 bridgehead atoms. The van der Waals surface area contributed by atoms with Crippen LogP contribution >= 0.6 is 27.5 Å². The summed E-state index contributed by atoms with van der Waals surface area (Å²) in [5.41, 5.74) is 1.20. The lowest BCUT2D eigenvalue weighted by molar-refractivity contribution is 0.314. The highest BCUT2D eigenvalue weighted by Gasteiger charge is 2.04. The quantitative estimate of drug-likeness (QED) is 0.703. The second-order valence-corrected chi connectivity index (χ2v) is 4.62. The maximum atomic E-state index is 5.96. The molecule has 0 saturated carbocycles. The molecule has 0 unspecified atom stereocenters. The summed E-state index contributed by atoms with van der Waals surface area (Å²) in [6.07, 6.45) is 3.13. The first-order valence-electron chi connectivity index (χ1n) is 5.25. The molecule has 0 aliphatic rings. The molecular weight excluding hydrogens is 275 g/mol.